The van der Waals surface area contributed by atoms with Crippen LogP contribution in [0.5, 0.6) is 0 Å². The quantitative estimate of drug-likeness (QED) is 0.0432. The summed E-state index contributed by atoms with van der Waals surface area (Å²) in [5, 5.41) is 32.8. The molecule has 5 nitrogen and oxygen atoms in total. The van der Waals surface area contributed by atoms with Gasteiger partial charge in [0.05, 0.1) is 18.8 Å². The van der Waals surface area contributed by atoms with Crippen LogP contribution in [0.1, 0.15) is 200 Å². The van der Waals surface area contributed by atoms with Crippen molar-refractivity contribution in [3.63, 3.8) is 0 Å². The van der Waals surface area contributed by atoms with Crippen LogP contribution < -0.4 is 5.32 Å². The molecule has 0 aromatic rings. The van der Waals surface area contributed by atoms with Crippen LogP contribution in [0.2, 0.25) is 0 Å². The second-order valence-corrected chi connectivity index (χ2v) is 13.1. The van der Waals surface area contributed by atoms with Crippen LogP contribution in [-0.4, -0.2) is 46.1 Å². The normalized spacial score (nSPS) is 13.9. The van der Waals surface area contributed by atoms with Gasteiger partial charge < -0.3 is 20.6 Å². The van der Waals surface area contributed by atoms with E-state index in [1.807, 2.05) is 6.08 Å². The maximum atomic E-state index is 12.4. The molecular formula is C38H75NO4. The summed E-state index contributed by atoms with van der Waals surface area (Å²) >= 11 is 0. The minimum absolute atomic E-state index is 0.360. The lowest BCUT2D eigenvalue weighted by atomic mass is 10.0. The predicted octanol–water partition coefficient (Wildman–Crippen LogP) is 10.1. The van der Waals surface area contributed by atoms with Gasteiger partial charge in [0.2, 0.25) is 5.91 Å². The van der Waals surface area contributed by atoms with Gasteiger partial charge in [-0.1, -0.05) is 193 Å². The van der Waals surface area contributed by atoms with E-state index in [-0.39, 0.29) is 6.61 Å². The van der Waals surface area contributed by atoms with Gasteiger partial charge in [0.15, 0.2) is 0 Å². The molecule has 0 bridgehead atoms. The van der Waals surface area contributed by atoms with Crippen LogP contribution in [0.3, 0.4) is 0 Å². The predicted molar refractivity (Wildman–Crippen MR) is 185 cm³/mol. The van der Waals surface area contributed by atoms with Crippen molar-refractivity contribution in [1.82, 2.24) is 5.32 Å². The second kappa shape index (κ2) is 34.0. The lowest BCUT2D eigenvalue weighted by Gasteiger charge is -2.21. The molecule has 4 N–H and O–H groups in total. The number of hydrogen-bond donors (Lipinski definition) is 4. The van der Waals surface area contributed by atoms with Crippen molar-refractivity contribution < 1.29 is 20.1 Å². The van der Waals surface area contributed by atoms with E-state index in [0.29, 0.717) is 6.42 Å². The van der Waals surface area contributed by atoms with E-state index in [9.17, 15) is 20.1 Å². The molecule has 0 heterocycles. The van der Waals surface area contributed by atoms with Crippen LogP contribution in [0.4, 0.5) is 0 Å². The van der Waals surface area contributed by atoms with Crippen molar-refractivity contribution in [2.75, 3.05) is 6.61 Å². The molecular weight excluding hydrogens is 534 g/mol. The standard InChI is InChI=1S/C38H75NO4/c1-3-5-7-9-11-13-14-15-16-17-18-19-20-21-22-23-25-27-29-31-33-37(42)38(43)39-35(34-40)36(41)32-30-28-26-24-12-10-8-6-4-2/h30,32,35-37,40-42H,3-29,31,33-34H2,1-2H3,(H,39,43)/b32-30+/t35-,36+,37?/m0/s1. The monoisotopic (exact) mass is 610 g/mol. The molecule has 0 fully saturated rings. The van der Waals surface area contributed by atoms with Crippen molar-refractivity contribution in [3.8, 4) is 0 Å². The van der Waals surface area contributed by atoms with Gasteiger partial charge >= 0.3 is 0 Å². The summed E-state index contributed by atoms with van der Waals surface area (Å²) < 4.78 is 0. The molecule has 256 valence electrons. The van der Waals surface area contributed by atoms with Crippen molar-refractivity contribution >= 4 is 5.91 Å². The lowest BCUT2D eigenvalue weighted by Crippen LogP contribution is -2.48. The topological polar surface area (TPSA) is 89.8 Å². The van der Waals surface area contributed by atoms with E-state index in [4.69, 9.17) is 0 Å². The zero-order valence-corrected chi connectivity index (χ0v) is 28.8. The van der Waals surface area contributed by atoms with Crippen molar-refractivity contribution in [2.24, 2.45) is 0 Å². The fraction of sp³-hybridized carbons (Fsp3) is 0.921. The van der Waals surface area contributed by atoms with Gasteiger partial charge in [0, 0.05) is 0 Å². The number of aliphatic hydroxyl groups is 3. The zero-order chi connectivity index (χ0) is 31.6. The molecule has 0 saturated carbocycles. The summed E-state index contributed by atoms with van der Waals surface area (Å²) in [6, 6.07) is -0.789. The summed E-state index contributed by atoms with van der Waals surface area (Å²) in [6.45, 7) is 4.15. The van der Waals surface area contributed by atoms with E-state index in [1.165, 1.54) is 148 Å². The molecule has 0 aromatic heterocycles. The first-order chi connectivity index (χ1) is 21.1. The molecule has 0 aliphatic heterocycles. The van der Waals surface area contributed by atoms with Crippen LogP contribution in [-0.2, 0) is 4.79 Å². The molecule has 0 aliphatic carbocycles. The zero-order valence-electron chi connectivity index (χ0n) is 28.8. The Hall–Kier alpha value is -0.910. The van der Waals surface area contributed by atoms with Gasteiger partial charge in [-0.15, -0.1) is 0 Å². The summed E-state index contributed by atoms with van der Waals surface area (Å²) in [4.78, 5) is 12.4. The molecule has 0 radical (unpaired) electrons. The van der Waals surface area contributed by atoms with Crippen LogP contribution in [0.25, 0.3) is 0 Å². The van der Waals surface area contributed by atoms with Gasteiger partial charge in [-0.05, 0) is 19.3 Å². The van der Waals surface area contributed by atoms with Gasteiger partial charge in [0.25, 0.3) is 0 Å². The van der Waals surface area contributed by atoms with Crippen LogP contribution >= 0.6 is 0 Å². The third-order valence-electron chi connectivity index (χ3n) is 8.88. The first kappa shape index (κ1) is 42.1. The largest absolute Gasteiger partial charge is 0.394 e. The van der Waals surface area contributed by atoms with Gasteiger partial charge in [-0.25, -0.2) is 0 Å². The first-order valence-corrected chi connectivity index (χ1v) is 19.0. The van der Waals surface area contributed by atoms with Crippen molar-refractivity contribution in [1.29, 1.82) is 0 Å². The number of unbranched alkanes of at least 4 members (excludes halogenated alkanes) is 26. The Kier molecular flexibility index (Phi) is 33.3. The number of carbonyl (C=O) groups excluding carboxylic acids is 1. The Bertz CT molecular complexity index is 596. The lowest BCUT2D eigenvalue weighted by molar-refractivity contribution is -0.131. The number of nitrogens with one attached hydrogen (secondary N) is 1. The van der Waals surface area contributed by atoms with Gasteiger partial charge in [-0.2, -0.15) is 0 Å². The Balaban J connectivity index is 3.62. The molecule has 3 atom stereocenters. The fourth-order valence-corrected chi connectivity index (χ4v) is 5.83. The SMILES string of the molecule is CCCCCCCCC/C=C/[C@@H](O)[C@H](CO)NC(=O)C(O)CCCCCCCCCCCCCCCCCCCCCC. The van der Waals surface area contributed by atoms with E-state index < -0.39 is 24.2 Å². The molecule has 5 heteroatoms. The summed E-state index contributed by atoms with van der Waals surface area (Å²) in [5.41, 5.74) is 0. The van der Waals surface area contributed by atoms with Crippen molar-refractivity contribution in [3.05, 3.63) is 12.2 Å². The molecule has 43 heavy (non-hydrogen) atoms. The third kappa shape index (κ3) is 29.6. The first-order valence-electron chi connectivity index (χ1n) is 19.0. The van der Waals surface area contributed by atoms with Gasteiger partial charge in [0.1, 0.15) is 6.10 Å². The second-order valence-electron chi connectivity index (χ2n) is 13.1. The summed E-state index contributed by atoms with van der Waals surface area (Å²) in [5.74, 6) is -0.503. The smallest absolute Gasteiger partial charge is 0.249 e. The minimum atomic E-state index is -1.09. The Morgan fingerprint density at radius 3 is 1.28 bits per heavy atom. The molecule has 0 rings (SSSR count). The van der Waals surface area contributed by atoms with E-state index in [1.54, 1.807) is 6.08 Å². The highest BCUT2D eigenvalue weighted by atomic mass is 16.3. The van der Waals surface area contributed by atoms with E-state index in [0.717, 1.165) is 32.1 Å². The highest BCUT2D eigenvalue weighted by molar-refractivity contribution is 5.80. The Labute approximate surface area is 268 Å². The van der Waals surface area contributed by atoms with E-state index in [2.05, 4.69) is 19.2 Å². The summed E-state index contributed by atoms with van der Waals surface area (Å²) in [7, 11) is 0. The highest BCUT2D eigenvalue weighted by Crippen LogP contribution is 2.15. The number of allylic oxidation sites excluding steroid dienone is 1. The molecule has 0 saturated heterocycles. The molecule has 0 aromatic carbocycles. The Morgan fingerprint density at radius 1 is 0.558 bits per heavy atom. The summed E-state index contributed by atoms with van der Waals surface area (Å²) in [6.07, 6.45) is 38.1. The number of aliphatic hydroxyl groups excluding tert-OH is 3. The van der Waals surface area contributed by atoms with E-state index >= 15 is 0 Å². The maximum absolute atomic E-state index is 12.4. The fourth-order valence-electron chi connectivity index (χ4n) is 5.83. The average Bonchev–Trinajstić information content (AvgIpc) is 3.01. The number of amides is 1. The van der Waals surface area contributed by atoms with Crippen LogP contribution in [0.15, 0.2) is 12.2 Å². The van der Waals surface area contributed by atoms with Crippen LogP contribution in [0, 0.1) is 0 Å². The molecule has 0 spiro atoms. The minimum Gasteiger partial charge on any atom is -0.394 e. The molecule has 1 unspecified atom stereocenters. The van der Waals surface area contributed by atoms with Gasteiger partial charge in [-0.3, -0.25) is 4.79 Å². The van der Waals surface area contributed by atoms with Crippen molar-refractivity contribution in [2.45, 2.75) is 218 Å². The molecule has 1 amide bonds. The third-order valence-corrected chi connectivity index (χ3v) is 8.88. The number of carbonyl (C=O) groups is 1. The Morgan fingerprint density at radius 2 is 0.907 bits per heavy atom. The average molecular weight is 610 g/mol. The molecule has 0 aliphatic rings. The highest BCUT2D eigenvalue weighted by Gasteiger charge is 2.22. The maximum Gasteiger partial charge on any atom is 0.249 e. The number of hydrogen-bond acceptors (Lipinski definition) is 4. The number of rotatable bonds is 34.